The minimum Gasteiger partial charge on any atom is -0.356 e. The molecule has 0 spiro atoms. The normalized spacial score (nSPS) is 19.6. The first-order valence-corrected chi connectivity index (χ1v) is 8.57. The molecular formula is C20H24N2O2. The molecule has 1 aliphatic heterocycles. The summed E-state index contributed by atoms with van der Waals surface area (Å²) in [6.45, 7) is 6.74. The highest BCUT2D eigenvalue weighted by Gasteiger charge is 2.52. The standard InChI is InChI=1S/C20H24N2O2/c1-3-21-14-15-22-18-13-9-8-12-17(18)20(19(22)23,24-4-2)16-10-6-5-7-11-16/h5-13,21H,3-4,14-15H2,1-2H3. The second kappa shape index (κ2) is 7.16. The lowest BCUT2D eigenvalue weighted by atomic mass is 9.87. The molecule has 0 saturated carbocycles. The Bertz CT molecular complexity index is 702. The number of rotatable bonds is 7. The van der Waals surface area contributed by atoms with E-state index in [0.717, 1.165) is 29.9 Å². The molecule has 0 bridgehead atoms. The van der Waals surface area contributed by atoms with Crippen LogP contribution in [0.5, 0.6) is 0 Å². The highest BCUT2D eigenvalue weighted by Crippen LogP contribution is 2.46. The van der Waals surface area contributed by atoms with Crippen LogP contribution in [0.2, 0.25) is 0 Å². The summed E-state index contributed by atoms with van der Waals surface area (Å²) in [6.07, 6.45) is 0. The van der Waals surface area contributed by atoms with Crippen molar-refractivity contribution in [2.75, 3.05) is 31.1 Å². The molecule has 2 aromatic carbocycles. The van der Waals surface area contributed by atoms with E-state index in [4.69, 9.17) is 4.74 Å². The number of nitrogens with zero attached hydrogens (tertiary/aromatic N) is 1. The third-order valence-electron chi connectivity index (χ3n) is 4.42. The van der Waals surface area contributed by atoms with Gasteiger partial charge in [-0.2, -0.15) is 0 Å². The molecular weight excluding hydrogens is 300 g/mol. The maximum atomic E-state index is 13.4. The Morgan fingerprint density at radius 3 is 2.46 bits per heavy atom. The SMILES string of the molecule is CCNCCN1C(=O)C(OCC)(c2ccccc2)c2ccccc21. The molecule has 24 heavy (non-hydrogen) atoms. The van der Waals surface area contributed by atoms with Gasteiger partial charge in [-0.25, -0.2) is 0 Å². The van der Waals surface area contributed by atoms with Gasteiger partial charge in [0.2, 0.25) is 0 Å². The molecule has 1 heterocycles. The van der Waals surface area contributed by atoms with Crippen LogP contribution < -0.4 is 10.2 Å². The first-order chi connectivity index (χ1) is 11.8. The predicted octanol–water partition coefficient (Wildman–Crippen LogP) is 2.92. The first kappa shape index (κ1) is 16.7. The summed E-state index contributed by atoms with van der Waals surface area (Å²) in [5.74, 6) is -0.00495. The molecule has 1 atom stereocenters. The molecule has 4 nitrogen and oxygen atoms in total. The predicted molar refractivity (Wildman–Crippen MR) is 96.2 cm³/mol. The molecule has 4 heteroatoms. The molecule has 0 aliphatic carbocycles. The Kier molecular flexibility index (Phi) is 4.97. The number of carbonyl (C=O) groups is 1. The van der Waals surface area contributed by atoms with Crippen LogP contribution >= 0.6 is 0 Å². The summed E-state index contributed by atoms with van der Waals surface area (Å²) >= 11 is 0. The molecule has 2 aromatic rings. The van der Waals surface area contributed by atoms with Crippen molar-refractivity contribution in [3.63, 3.8) is 0 Å². The van der Waals surface area contributed by atoms with Gasteiger partial charge in [-0.1, -0.05) is 55.5 Å². The third kappa shape index (κ3) is 2.62. The maximum Gasteiger partial charge on any atom is 0.268 e. The van der Waals surface area contributed by atoms with Crippen LogP contribution in [-0.2, 0) is 15.1 Å². The van der Waals surface area contributed by atoms with Crippen molar-refractivity contribution < 1.29 is 9.53 Å². The van der Waals surface area contributed by atoms with Crippen LogP contribution in [0.1, 0.15) is 25.0 Å². The Morgan fingerprint density at radius 1 is 1.04 bits per heavy atom. The lowest BCUT2D eigenvalue weighted by Crippen LogP contribution is -2.45. The van der Waals surface area contributed by atoms with E-state index in [2.05, 4.69) is 12.2 Å². The van der Waals surface area contributed by atoms with E-state index < -0.39 is 5.60 Å². The van der Waals surface area contributed by atoms with Crippen LogP contribution in [0, 0.1) is 0 Å². The van der Waals surface area contributed by atoms with E-state index in [1.165, 1.54) is 0 Å². The smallest absolute Gasteiger partial charge is 0.268 e. The lowest BCUT2D eigenvalue weighted by molar-refractivity contribution is -0.137. The summed E-state index contributed by atoms with van der Waals surface area (Å²) in [4.78, 5) is 15.3. The van der Waals surface area contributed by atoms with Crippen molar-refractivity contribution in [3.05, 3.63) is 65.7 Å². The van der Waals surface area contributed by atoms with Gasteiger partial charge in [-0.05, 0) is 25.1 Å². The summed E-state index contributed by atoms with van der Waals surface area (Å²) in [6, 6.07) is 17.7. The van der Waals surface area contributed by atoms with Gasteiger partial charge in [0.25, 0.3) is 5.91 Å². The number of carbonyl (C=O) groups excluding carboxylic acids is 1. The van der Waals surface area contributed by atoms with Crippen molar-refractivity contribution in [2.24, 2.45) is 0 Å². The Labute approximate surface area is 143 Å². The number of hydrogen-bond donors (Lipinski definition) is 1. The number of amides is 1. The summed E-state index contributed by atoms with van der Waals surface area (Å²) in [5, 5.41) is 3.29. The molecule has 0 aromatic heterocycles. The molecule has 1 amide bonds. The highest BCUT2D eigenvalue weighted by molar-refractivity contribution is 6.09. The number of anilines is 1. The number of para-hydroxylation sites is 1. The van der Waals surface area contributed by atoms with Gasteiger partial charge < -0.3 is 15.0 Å². The number of ether oxygens (including phenoxy) is 1. The lowest BCUT2D eigenvalue weighted by Gasteiger charge is -2.29. The van der Waals surface area contributed by atoms with Crippen LogP contribution in [0.25, 0.3) is 0 Å². The van der Waals surface area contributed by atoms with E-state index in [1.807, 2.05) is 66.4 Å². The monoisotopic (exact) mass is 324 g/mol. The van der Waals surface area contributed by atoms with Gasteiger partial charge in [-0.15, -0.1) is 0 Å². The van der Waals surface area contributed by atoms with Crippen LogP contribution in [0.15, 0.2) is 54.6 Å². The molecule has 126 valence electrons. The van der Waals surface area contributed by atoms with Gasteiger partial charge in [0.05, 0.1) is 5.69 Å². The fourth-order valence-electron chi connectivity index (χ4n) is 3.40. The second-order valence-corrected chi connectivity index (χ2v) is 5.81. The number of fused-ring (bicyclic) bond motifs is 1. The molecule has 1 aliphatic rings. The summed E-state index contributed by atoms with van der Waals surface area (Å²) in [5.41, 5.74) is 1.71. The average Bonchev–Trinajstić information content (AvgIpc) is 2.86. The minimum atomic E-state index is -1.04. The number of nitrogens with one attached hydrogen (secondary N) is 1. The van der Waals surface area contributed by atoms with Gasteiger partial charge >= 0.3 is 0 Å². The molecule has 0 saturated heterocycles. The largest absolute Gasteiger partial charge is 0.356 e. The fourth-order valence-corrected chi connectivity index (χ4v) is 3.40. The fraction of sp³-hybridized carbons (Fsp3) is 0.350. The minimum absolute atomic E-state index is 0.00495. The molecule has 0 radical (unpaired) electrons. The van der Waals surface area contributed by atoms with Crippen molar-refractivity contribution in [3.8, 4) is 0 Å². The number of likely N-dealkylation sites (N-methyl/N-ethyl adjacent to an activating group) is 1. The molecule has 3 rings (SSSR count). The average molecular weight is 324 g/mol. The summed E-state index contributed by atoms with van der Waals surface area (Å²) in [7, 11) is 0. The van der Waals surface area contributed by atoms with E-state index in [9.17, 15) is 4.79 Å². The van der Waals surface area contributed by atoms with E-state index >= 15 is 0 Å². The van der Waals surface area contributed by atoms with Crippen LogP contribution in [0.4, 0.5) is 5.69 Å². The zero-order chi connectivity index (χ0) is 17.0. The number of benzene rings is 2. The van der Waals surface area contributed by atoms with E-state index in [0.29, 0.717) is 13.2 Å². The summed E-state index contributed by atoms with van der Waals surface area (Å²) < 4.78 is 6.14. The van der Waals surface area contributed by atoms with Crippen molar-refractivity contribution in [1.82, 2.24) is 5.32 Å². The van der Waals surface area contributed by atoms with E-state index in [1.54, 1.807) is 0 Å². The van der Waals surface area contributed by atoms with Gasteiger partial charge in [0.1, 0.15) is 0 Å². The first-order valence-electron chi connectivity index (χ1n) is 8.57. The quantitative estimate of drug-likeness (QED) is 0.796. The zero-order valence-electron chi connectivity index (χ0n) is 14.3. The van der Waals surface area contributed by atoms with Gasteiger partial charge in [0.15, 0.2) is 5.60 Å². The second-order valence-electron chi connectivity index (χ2n) is 5.81. The Hall–Kier alpha value is -2.17. The van der Waals surface area contributed by atoms with Crippen LogP contribution in [-0.4, -0.2) is 32.1 Å². The highest BCUT2D eigenvalue weighted by atomic mass is 16.5. The van der Waals surface area contributed by atoms with Crippen LogP contribution in [0.3, 0.4) is 0 Å². The Balaban J connectivity index is 2.10. The van der Waals surface area contributed by atoms with Crippen molar-refractivity contribution >= 4 is 11.6 Å². The van der Waals surface area contributed by atoms with Gasteiger partial charge in [-0.3, -0.25) is 4.79 Å². The van der Waals surface area contributed by atoms with E-state index in [-0.39, 0.29) is 5.91 Å². The number of hydrogen-bond acceptors (Lipinski definition) is 3. The Morgan fingerprint density at radius 2 is 1.75 bits per heavy atom. The zero-order valence-corrected chi connectivity index (χ0v) is 14.3. The van der Waals surface area contributed by atoms with Gasteiger partial charge in [0, 0.05) is 25.3 Å². The van der Waals surface area contributed by atoms with Crippen molar-refractivity contribution in [2.45, 2.75) is 19.4 Å². The molecule has 1 N–H and O–H groups in total. The van der Waals surface area contributed by atoms with Crippen molar-refractivity contribution in [1.29, 1.82) is 0 Å². The molecule has 0 fully saturated rings. The third-order valence-corrected chi connectivity index (χ3v) is 4.42. The topological polar surface area (TPSA) is 41.6 Å². The molecule has 1 unspecified atom stereocenters. The maximum absolute atomic E-state index is 13.4.